The number of benzene rings is 3. The summed E-state index contributed by atoms with van der Waals surface area (Å²) in [6.45, 7) is 9.21. The monoisotopic (exact) mass is 457 g/mol. The van der Waals surface area contributed by atoms with E-state index in [0.29, 0.717) is 11.1 Å². The minimum atomic E-state index is -0.200. The zero-order chi connectivity index (χ0) is 23.8. The van der Waals surface area contributed by atoms with Crippen molar-refractivity contribution in [2.24, 2.45) is 0 Å². The molecule has 0 N–H and O–H groups in total. The lowest BCUT2D eigenvalue weighted by Gasteiger charge is -2.48. The molecule has 164 valence electrons. The Morgan fingerprint density at radius 3 is 2.12 bits per heavy atom. The van der Waals surface area contributed by atoms with Gasteiger partial charge in [0.15, 0.2) is 0 Å². The number of hydrogen-bond donors (Lipinski definition) is 0. The van der Waals surface area contributed by atoms with Crippen molar-refractivity contribution in [2.45, 2.75) is 38.5 Å². The molecular weight excluding hydrogens is 434 g/mol. The fourth-order valence-electron chi connectivity index (χ4n) is 5.65. The number of hydrogen-bond acceptors (Lipinski definition) is 4. The van der Waals surface area contributed by atoms with E-state index in [1.807, 2.05) is 6.07 Å². The van der Waals surface area contributed by atoms with Crippen LogP contribution in [0.25, 0.3) is 10.4 Å². The number of anilines is 3. The lowest BCUT2D eigenvalue weighted by atomic mass is 9.67. The molecule has 4 heteroatoms. The third kappa shape index (κ3) is 2.55. The van der Waals surface area contributed by atoms with Crippen LogP contribution in [0.3, 0.4) is 0 Å². The molecule has 3 heterocycles. The fourth-order valence-corrected chi connectivity index (χ4v) is 7.02. The summed E-state index contributed by atoms with van der Waals surface area (Å²) in [4.78, 5) is 3.45. The average Bonchev–Trinajstić information content (AvgIpc) is 3.29. The smallest absolute Gasteiger partial charge is 0.105 e. The van der Waals surface area contributed by atoms with Crippen molar-refractivity contribution in [2.75, 3.05) is 4.90 Å². The minimum absolute atomic E-state index is 0.110. The molecule has 1 aromatic heterocycles. The van der Waals surface area contributed by atoms with Gasteiger partial charge in [-0.1, -0.05) is 64.1 Å². The normalized spacial score (nSPS) is 16.0. The molecule has 3 nitrogen and oxygen atoms in total. The van der Waals surface area contributed by atoms with Crippen molar-refractivity contribution in [3.63, 3.8) is 0 Å². The summed E-state index contributed by atoms with van der Waals surface area (Å²) in [5.74, 6) is 0. The van der Waals surface area contributed by atoms with Crippen molar-refractivity contribution < 1.29 is 0 Å². The summed E-state index contributed by atoms with van der Waals surface area (Å²) in [5, 5.41) is 20.4. The molecule has 34 heavy (non-hydrogen) atoms. The highest BCUT2D eigenvalue weighted by Crippen LogP contribution is 2.62. The number of rotatable bonds is 1. The maximum absolute atomic E-state index is 9.78. The standard InChI is InChI=1S/C30H23N3S/c1-29(2)21-8-5-6-11-25(21)33-27-22(29)9-7-10-23(27)30(3,4)24-15-26(34-28(24)33)20-14-18(16-31)12-13-19(20)17-32/h5-15H,1-4H3. The zero-order valence-corrected chi connectivity index (χ0v) is 20.4. The maximum atomic E-state index is 9.78. The zero-order valence-electron chi connectivity index (χ0n) is 19.6. The van der Waals surface area contributed by atoms with Crippen LogP contribution in [-0.2, 0) is 10.8 Å². The van der Waals surface area contributed by atoms with Gasteiger partial charge in [0, 0.05) is 21.3 Å². The fraction of sp³-hybridized carbons (Fsp3) is 0.200. The van der Waals surface area contributed by atoms with Gasteiger partial charge < -0.3 is 4.90 Å². The Balaban J connectivity index is 1.69. The second-order valence-electron chi connectivity index (χ2n) is 10.1. The highest BCUT2D eigenvalue weighted by atomic mass is 32.1. The lowest BCUT2D eigenvalue weighted by Crippen LogP contribution is -2.37. The van der Waals surface area contributed by atoms with Gasteiger partial charge >= 0.3 is 0 Å². The summed E-state index contributed by atoms with van der Waals surface area (Å²) < 4.78 is 0. The molecule has 6 rings (SSSR count). The van der Waals surface area contributed by atoms with E-state index in [9.17, 15) is 10.5 Å². The van der Waals surface area contributed by atoms with Crippen LogP contribution in [0.5, 0.6) is 0 Å². The molecule has 0 saturated heterocycles. The molecule has 2 aliphatic heterocycles. The summed E-state index contributed by atoms with van der Waals surface area (Å²) >= 11 is 1.71. The molecule has 2 aliphatic rings. The summed E-state index contributed by atoms with van der Waals surface area (Å²) in [5.41, 5.74) is 9.37. The molecule has 4 aromatic rings. The van der Waals surface area contributed by atoms with Crippen LogP contribution in [0.4, 0.5) is 16.4 Å². The largest absolute Gasteiger partial charge is 0.301 e. The third-order valence-electron chi connectivity index (χ3n) is 7.55. The van der Waals surface area contributed by atoms with E-state index in [1.165, 1.54) is 38.6 Å². The first-order chi connectivity index (χ1) is 16.3. The van der Waals surface area contributed by atoms with Gasteiger partial charge in [-0.2, -0.15) is 10.5 Å². The van der Waals surface area contributed by atoms with Crippen LogP contribution in [0, 0.1) is 22.7 Å². The number of fused-ring (bicyclic) bond motifs is 4. The van der Waals surface area contributed by atoms with E-state index in [0.717, 1.165) is 10.4 Å². The van der Waals surface area contributed by atoms with E-state index >= 15 is 0 Å². The van der Waals surface area contributed by atoms with Crippen LogP contribution in [-0.4, -0.2) is 0 Å². The highest BCUT2D eigenvalue weighted by Gasteiger charge is 2.46. The average molecular weight is 458 g/mol. The Bertz CT molecular complexity index is 1590. The second kappa shape index (κ2) is 6.83. The van der Waals surface area contributed by atoms with Gasteiger partial charge in [0.25, 0.3) is 0 Å². The van der Waals surface area contributed by atoms with Gasteiger partial charge in [0.1, 0.15) is 5.00 Å². The van der Waals surface area contributed by atoms with Crippen molar-refractivity contribution in [3.05, 3.63) is 100 Å². The van der Waals surface area contributed by atoms with E-state index in [4.69, 9.17) is 0 Å². The maximum Gasteiger partial charge on any atom is 0.105 e. The Kier molecular flexibility index (Phi) is 4.16. The van der Waals surface area contributed by atoms with Crippen LogP contribution >= 0.6 is 11.3 Å². The first-order valence-corrected chi connectivity index (χ1v) is 12.2. The minimum Gasteiger partial charge on any atom is -0.301 e. The predicted molar refractivity (Wildman–Crippen MR) is 138 cm³/mol. The van der Waals surface area contributed by atoms with Gasteiger partial charge in [0.2, 0.25) is 0 Å². The topological polar surface area (TPSA) is 50.8 Å². The van der Waals surface area contributed by atoms with Crippen molar-refractivity contribution in [1.29, 1.82) is 10.5 Å². The van der Waals surface area contributed by atoms with Gasteiger partial charge in [-0.3, -0.25) is 0 Å². The second-order valence-corrected chi connectivity index (χ2v) is 11.1. The van der Waals surface area contributed by atoms with E-state index < -0.39 is 0 Å². The quantitative estimate of drug-likeness (QED) is 0.292. The van der Waals surface area contributed by atoms with Crippen LogP contribution in [0.1, 0.15) is 61.1 Å². The van der Waals surface area contributed by atoms with Gasteiger partial charge in [-0.25, -0.2) is 0 Å². The molecule has 0 atom stereocenters. The van der Waals surface area contributed by atoms with Crippen molar-refractivity contribution in [3.8, 4) is 22.6 Å². The van der Waals surface area contributed by atoms with Crippen LogP contribution < -0.4 is 4.90 Å². The van der Waals surface area contributed by atoms with Gasteiger partial charge in [-0.15, -0.1) is 11.3 Å². The number of nitriles is 2. The molecular formula is C30H23N3S. The van der Waals surface area contributed by atoms with Crippen molar-refractivity contribution in [1.82, 2.24) is 0 Å². The number of nitrogens with zero attached hydrogens (tertiary/aromatic N) is 3. The van der Waals surface area contributed by atoms with Crippen LogP contribution in [0.2, 0.25) is 0 Å². The summed E-state index contributed by atoms with van der Waals surface area (Å²) in [6.07, 6.45) is 0. The first-order valence-electron chi connectivity index (χ1n) is 11.4. The molecule has 0 fully saturated rings. The highest BCUT2D eigenvalue weighted by molar-refractivity contribution is 7.19. The Morgan fingerprint density at radius 1 is 0.735 bits per heavy atom. The number of thiophene rings is 1. The molecule has 0 unspecified atom stereocenters. The molecule has 0 saturated carbocycles. The Hall–Kier alpha value is -3.86. The number of para-hydroxylation sites is 2. The third-order valence-corrected chi connectivity index (χ3v) is 8.70. The Labute approximate surface area is 204 Å². The SMILES string of the molecule is CC1(C)c2ccccc2N2c3sc(-c4cc(C#N)ccc4C#N)cc3C(C)(C)c3cccc1c32. The molecule has 0 radical (unpaired) electrons. The van der Waals surface area contributed by atoms with Crippen molar-refractivity contribution >= 4 is 27.7 Å². The van der Waals surface area contributed by atoms with E-state index in [2.05, 4.69) is 93.3 Å². The molecule has 0 spiro atoms. The van der Waals surface area contributed by atoms with Crippen LogP contribution in [0.15, 0.2) is 66.7 Å². The molecule has 3 aromatic carbocycles. The van der Waals surface area contributed by atoms with E-state index in [1.54, 1.807) is 23.5 Å². The molecule has 0 aliphatic carbocycles. The van der Waals surface area contributed by atoms with Gasteiger partial charge in [0.05, 0.1) is 34.6 Å². The summed E-state index contributed by atoms with van der Waals surface area (Å²) in [6, 6.07) is 27.5. The lowest BCUT2D eigenvalue weighted by molar-refractivity contribution is 0.600. The Morgan fingerprint density at radius 2 is 1.41 bits per heavy atom. The van der Waals surface area contributed by atoms with Gasteiger partial charge in [-0.05, 0) is 52.6 Å². The predicted octanol–water partition coefficient (Wildman–Crippen LogP) is 7.91. The molecule has 0 bridgehead atoms. The summed E-state index contributed by atoms with van der Waals surface area (Å²) in [7, 11) is 0. The molecule has 0 amide bonds. The van der Waals surface area contributed by atoms with E-state index in [-0.39, 0.29) is 10.8 Å². The first kappa shape index (κ1) is 20.7.